The number of nitrogens with one attached hydrogen (secondary N) is 1. The van der Waals surface area contributed by atoms with Crippen LogP contribution in [0.2, 0.25) is 0 Å². The van der Waals surface area contributed by atoms with Gasteiger partial charge in [0, 0.05) is 11.4 Å². The molecule has 106 valence electrons. The molecule has 0 bridgehead atoms. The summed E-state index contributed by atoms with van der Waals surface area (Å²) in [6.07, 6.45) is 5.99. The average molecular weight is 291 g/mol. The van der Waals surface area contributed by atoms with E-state index in [9.17, 15) is 9.59 Å². The Morgan fingerprint density at radius 3 is 2.95 bits per heavy atom. The van der Waals surface area contributed by atoms with Crippen LogP contribution < -0.4 is 5.56 Å². The minimum absolute atomic E-state index is 0.148. The molecule has 0 spiro atoms. The number of aryl methyl sites for hydroxylation is 1. The molecule has 1 saturated carbocycles. The van der Waals surface area contributed by atoms with Gasteiger partial charge in [-0.15, -0.1) is 11.3 Å². The SMILES string of the molecule is COC(=O)c1csc2c(CCC3CCC3)cc(=O)[nH]c12. The first-order valence-electron chi connectivity index (χ1n) is 6.90. The van der Waals surface area contributed by atoms with E-state index < -0.39 is 5.97 Å². The number of H-pyrrole nitrogens is 1. The molecule has 2 aromatic heterocycles. The Balaban J connectivity index is 1.96. The van der Waals surface area contributed by atoms with E-state index in [2.05, 4.69) is 4.98 Å². The highest BCUT2D eigenvalue weighted by Gasteiger charge is 2.19. The number of thiophene rings is 1. The Labute approximate surface area is 120 Å². The van der Waals surface area contributed by atoms with Crippen molar-refractivity contribution in [1.82, 2.24) is 4.98 Å². The molecule has 0 aliphatic heterocycles. The third kappa shape index (κ3) is 2.38. The van der Waals surface area contributed by atoms with Crippen LogP contribution in [0.25, 0.3) is 10.2 Å². The van der Waals surface area contributed by atoms with Gasteiger partial charge >= 0.3 is 5.97 Å². The number of hydrogen-bond acceptors (Lipinski definition) is 4. The number of esters is 1. The molecular weight excluding hydrogens is 274 g/mol. The van der Waals surface area contributed by atoms with Crippen LogP contribution in [0.5, 0.6) is 0 Å². The molecule has 5 heteroatoms. The number of carbonyl (C=O) groups excluding carboxylic acids is 1. The quantitative estimate of drug-likeness (QED) is 0.881. The zero-order valence-electron chi connectivity index (χ0n) is 11.4. The predicted molar refractivity (Wildman–Crippen MR) is 79.4 cm³/mol. The number of carbonyl (C=O) groups is 1. The fourth-order valence-corrected chi connectivity index (χ4v) is 3.73. The standard InChI is InChI=1S/C15H17NO3S/c1-19-15(18)11-8-20-14-10(6-5-9-3-2-4-9)7-12(17)16-13(11)14/h7-9H,2-6H2,1H3,(H,16,17). The molecule has 0 unspecified atom stereocenters. The molecule has 2 aromatic rings. The Kier molecular flexibility index (Phi) is 3.61. The van der Waals surface area contributed by atoms with E-state index in [1.165, 1.54) is 37.7 Å². The molecule has 0 atom stereocenters. The van der Waals surface area contributed by atoms with E-state index in [1.54, 1.807) is 11.4 Å². The maximum atomic E-state index is 11.8. The first-order chi connectivity index (χ1) is 9.69. The molecule has 1 N–H and O–H groups in total. The summed E-state index contributed by atoms with van der Waals surface area (Å²) in [4.78, 5) is 26.2. The molecule has 3 rings (SSSR count). The van der Waals surface area contributed by atoms with Gasteiger partial charge in [0.25, 0.3) is 0 Å². The molecule has 1 aliphatic rings. The van der Waals surface area contributed by atoms with Gasteiger partial charge in [0.2, 0.25) is 5.56 Å². The highest BCUT2D eigenvalue weighted by atomic mass is 32.1. The van der Waals surface area contributed by atoms with Crippen molar-refractivity contribution in [2.75, 3.05) is 7.11 Å². The second-order valence-corrected chi connectivity index (χ2v) is 6.22. The van der Waals surface area contributed by atoms with Crippen LogP contribution in [0, 0.1) is 5.92 Å². The number of hydrogen-bond donors (Lipinski definition) is 1. The van der Waals surface area contributed by atoms with Gasteiger partial charge in [-0.25, -0.2) is 4.79 Å². The average Bonchev–Trinajstić information content (AvgIpc) is 2.79. The summed E-state index contributed by atoms with van der Waals surface area (Å²) >= 11 is 1.50. The zero-order chi connectivity index (χ0) is 14.1. The molecular formula is C15H17NO3S. The Morgan fingerprint density at radius 1 is 1.50 bits per heavy atom. The lowest BCUT2D eigenvalue weighted by Gasteiger charge is -2.25. The fraction of sp³-hybridized carbons (Fsp3) is 0.467. The van der Waals surface area contributed by atoms with E-state index >= 15 is 0 Å². The summed E-state index contributed by atoms with van der Waals surface area (Å²) in [5, 5.41) is 1.76. The van der Waals surface area contributed by atoms with Gasteiger partial charge in [-0.05, 0) is 24.3 Å². The summed E-state index contributed by atoms with van der Waals surface area (Å²) in [7, 11) is 1.35. The summed E-state index contributed by atoms with van der Waals surface area (Å²) in [6, 6.07) is 1.67. The number of methoxy groups -OCH3 is 1. The second kappa shape index (κ2) is 5.40. The highest BCUT2D eigenvalue weighted by molar-refractivity contribution is 7.17. The number of aromatic amines is 1. The molecule has 1 fully saturated rings. The Hall–Kier alpha value is -1.62. The number of rotatable bonds is 4. The van der Waals surface area contributed by atoms with E-state index in [-0.39, 0.29) is 5.56 Å². The Morgan fingerprint density at radius 2 is 2.30 bits per heavy atom. The zero-order valence-corrected chi connectivity index (χ0v) is 12.2. The molecule has 20 heavy (non-hydrogen) atoms. The first-order valence-corrected chi connectivity index (χ1v) is 7.78. The lowest BCUT2D eigenvalue weighted by Crippen LogP contribution is -2.13. The van der Waals surface area contributed by atoms with Crippen LogP contribution >= 0.6 is 11.3 Å². The first kappa shape index (κ1) is 13.4. The van der Waals surface area contributed by atoms with E-state index in [4.69, 9.17) is 4.74 Å². The van der Waals surface area contributed by atoms with Gasteiger partial charge in [-0.3, -0.25) is 4.79 Å². The number of pyridine rings is 1. The molecule has 0 radical (unpaired) electrons. The van der Waals surface area contributed by atoms with Gasteiger partial charge < -0.3 is 9.72 Å². The lowest BCUT2D eigenvalue weighted by molar-refractivity contribution is 0.0603. The number of aromatic nitrogens is 1. The third-order valence-electron chi connectivity index (χ3n) is 4.09. The molecule has 1 aliphatic carbocycles. The van der Waals surface area contributed by atoms with Crippen molar-refractivity contribution in [3.63, 3.8) is 0 Å². The fourth-order valence-electron chi connectivity index (χ4n) is 2.69. The van der Waals surface area contributed by atoms with Crippen molar-refractivity contribution in [2.24, 2.45) is 5.92 Å². The molecule has 0 aromatic carbocycles. The van der Waals surface area contributed by atoms with Crippen molar-refractivity contribution in [3.05, 3.63) is 32.9 Å². The topological polar surface area (TPSA) is 59.2 Å². The molecule has 0 amide bonds. The highest BCUT2D eigenvalue weighted by Crippen LogP contribution is 2.33. The van der Waals surface area contributed by atoms with Crippen LogP contribution in [0.3, 0.4) is 0 Å². The third-order valence-corrected chi connectivity index (χ3v) is 5.14. The van der Waals surface area contributed by atoms with Crippen molar-refractivity contribution in [3.8, 4) is 0 Å². The van der Waals surface area contributed by atoms with Gasteiger partial charge in [-0.2, -0.15) is 0 Å². The van der Waals surface area contributed by atoms with Crippen LogP contribution in [-0.4, -0.2) is 18.1 Å². The smallest absolute Gasteiger partial charge is 0.340 e. The normalized spacial score (nSPS) is 15.2. The minimum Gasteiger partial charge on any atom is -0.465 e. The molecule has 4 nitrogen and oxygen atoms in total. The van der Waals surface area contributed by atoms with E-state index in [0.29, 0.717) is 11.1 Å². The van der Waals surface area contributed by atoms with E-state index in [0.717, 1.165) is 29.0 Å². The van der Waals surface area contributed by atoms with Crippen LogP contribution in [-0.2, 0) is 11.2 Å². The van der Waals surface area contributed by atoms with Crippen LogP contribution in [0.15, 0.2) is 16.2 Å². The summed E-state index contributed by atoms with van der Waals surface area (Å²) in [5.74, 6) is 0.410. The summed E-state index contributed by atoms with van der Waals surface area (Å²) in [6.45, 7) is 0. The molecule has 0 saturated heterocycles. The second-order valence-electron chi connectivity index (χ2n) is 5.34. The lowest BCUT2D eigenvalue weighted by atomic mass is 9.81. The van der Waals surface area contributed by atoms with Crippen LogP contribution in [0.1, 0.15) is 41.6 Å². The van der Waals surface area contributed by atoms with Gasteiger partial charge in [-0.1, -0.05) is 19.3 Å². The number of fused-ring (bicyclic) bond motifs is 1. The van der Waals surface area contributed by atoms with Crippen molar-refractivity contribution in [2.45, 2.75) is 32.1 Å². The van der Waals surface area contributed by atoms with Gasteiger partial charge in [0.15, 0.2) is 0 Å². The van der Waals surface area contributed by atoms with Gasteiger partial charge in [0.1, 0.15) is 0 Å². The predicted octanol–water partition coefficient (Wildman–Crippen LogP) is 3.11. The monoisotopic (exact) mass is 291 g/mol. The van der Waals surface area contributed by atoms with Gasteiger partial charge in [0.05, 0.1) is 22.9 Å². The minimum atomic E-state index is -0.400. The van der Waals surface area contributed by atoms with Crippen molar-refractivity contribution in [1.29, 1.82) is 0 Å². The van der Waals surface area contributed by atoms with Crippen molar-refractivity contribution >= 4 is 27.5 Å². The number of ether oxygens (including phenoxy) is 1. The van der Waals surface area contributed by atoms with Crippen molar-refractivity contribution < 1.29 is 9.53 Å². The summed E-state index contributed by atoms with van der Waals surface area (Å²) < 4.78 is 5.76. The Bertz CT molecular complexity index is 697. The van der Waals surface area contributed by atoms with Crippen LogP contribution in [0.4, 0.5) is 0 Å². The summed E-state index contributed by atoms with van der Waals surface area (Å²) in [5.41, 5.74) is 1.98. The van der Waals surface area contributed by atoms with E-state index in [1.807, 2.05) is 0 Å². The largest absolute Gasteiger partial charge is 0.465 e. The maximum Gasteiger partial charge on any atom is 0.340 e. The maximum absolute atomic E-state index is 11.8. The molecule has 2 heterocycles.